The lowest BCUT2D eigenvalue weighted by Crippen LogP contribution is -2.44. The average molecular weight is 293 g/mol. The van der Waals surface area contributed by atoms with Crippen molar-refractivity contribution in [2.24, 2.45) is 0 Å². The van der Waals surface area contributed by atoms with Gasteiger partial charge in [-0.25, -0.2) is 0 Å². The van der Waals surface area contributed by atoms with E-state index in [0.29, 0.717) is 19.4 Å². The molecule has 0 fully saturated rings. The van der Waals surface area contributed by atoms with Gasteiger partial charge in [0.25, 0.3) is 0 Å². The van der Waals surface area contributed by atoms with Gasteiger partial charge in [0, 0.05) is 13.0 Å². The number of hydrogen-bond acceptors (Lipinski definition) is 2. The van der Waals surface area contributed by atoms with E-state index in [2.05, 4.69) is 17.4 Å². The van der Waals surface area contributed by atoms with Crippen molar-refractivity contribution in [1.29, 1.82) is 0 Å². The Hall–Kier alpha value is -2.42. The van der Waals surface area contributed by atoms with Crippen LogP contribution in [0, 0.1) is 0 Å². The lowest BCUT2D eigenvalue weighted by molar-refractivity contribution is -0.125. The lowest BCUT2D eigenvalue weighted by Gasteiger charge is -2.30. The molecule has 112 valence electrons. The minimum atomic E-state index is -0.760. The van der Waals surface area contributed by atoms with Crippen LogP contribution in [-0.4, -0.2) is 18.7 Å². The molecule has 0 saturated carbocycles. The van der Waals surface area contributed by atoms with E-state index in [1.165, 1.54) is 0 Å². The molecule has 2 aromatic rings. The van der Waals surface area contributed by atoms with Crippen molar-refractivity contribution in [2.75, 3.05) is 6.54 Å². The maximum absolute atomic E-state index is 13.0. The zero-order chi connectivity index (χ0) is 15.6. The third-order valence-electron chi connectivity index (χ3n) is 4.43. The highest BCUT2D eigenvalue weighted by molar-refractivity contribution is 6.00. The first-order chi connectivity index (χ1) is 10.8. The summed E-state index contributed by atoms with van der Waals surface area (Å²) in [6, 6.07) is 16.0. The summed E-state index contributed by atoms with van der Waals surface area (Å²) in [7, 11) is 0. The van der Waals surface area contributed by atoms with Crippen LogP contribution in [0.3, 0.4) is 0 Å². The molecule has 1 amide bonds. The molecular weight excluding hydrogens is 274 g/mol. The smallest absolute Gasteiger partial charge is 0.235 e. The van der Waals surface area contributed by atoms with Crippen LogP contribution >= 0.6 is 0 Å². The first-order valence-electron chi connectivity index (χ1n) is 7.67. The van der Waals surface area contributed by atoms with Crippen molar-refractivity contribution >= 4 is 12.2 Å². The third kappa shape index (κ3) is 1.97. The van der Waals surface area contributed by atoms with E-state index in [0.717, 1.165) is 28.5 Å². The molecular formula is C19H19NO2. The Balaban J connectivity index is 2.27. The number of carbonyl (C=O) groups is 2. The number of fused-ring (bicyclic) bond motifs is 3. The number of likely N-dealkylation sites (N-methyl/N-ethyl adjacent to an activating group) is 1. The molecule has 1 aliphatic rings. The highest BCUT2D eigenvalue weighted by atomic mass is 16.2. The van der Waals surface area contributed by atoms with Crippen LogP contribution in [0.4, 0.5) is 0 Å². The van der Waals surface area contributed by atoms with Crippen molar-refractivity contribution in [2.45, 2.75) is 25.2 Å². The quantitative estimate of drug-likeness (QED) is 0.861. The van der Waals surface area contributed by atoms with Crippen LogP contribution < -0.4 is 5.32 Å². The number of aldehydes is 1. The normalized spacial score (nSPS) is 14.0. The van der Waals surface area contributed by atoms with Crippen molar-refractivity contribution < 1.29 is 9.59 Å². The standard InChI is InChI=1S/C19H19NO2/c1-2-20-18(22)19(12-7-13-21)16-10-5-3-8-14(16)15-9-4-6-11-17(15)19/h3-6,8-11,13H,2,7,12H2,1H3,(H,20,22). The summed E-state index contributed by atoms with van der Waals surface area (Å²) < 4.78 is 0. The molecule has 0 aliphatic heterocycles. The van der Waals surface area contributed by atoms with Crippen LogP contribution in [0.5, 0.6) is 0 Å². The highest BCUT2D eigenvalue weighted by Crippen LogP contribution is 2.51. The van der Waals surface area contributed by atoms with Crippen molar-refractivity contribution in [3.8, 4) is 11.1 Å². The maximum Gasteiger partial charge on any atom is 0.235 e. The summed E-state index contributed by atoms with van der Waals surface area (Å²) in [4.78, 5) is 23.9. The summed E-state index contributed by atoms with van der Waals surface area (Å²) in [5.41, 5.74) is 3.43. The minimum absolute atomic E-state index is 0.0192. The van der Waals surface area contributed by atoms with Crippen molar-refractivity contribution in [3.63, 3.8) is 0 Å². The molecule has 0 atom stereocenters. The van der Waals surface area contributed by atoms with Gasteiger partial charge < -0.3 is 10.1 Å². The van der Waals surface area contributed by atoms with E-state index in [9.17, 15) is 9.59 Å². The number of carbonyl (C=O) groups excluding carboxylic acids is 2. The Labute approximate surface area is 130 Å². The SMILES string of the molecule is CCNC(=O)C1(CCC=O)c2ccccc2-c2ccccc21. The van der Waals surface area contributed by atoms with Crippen molar-refractivity contribution in [3.05, 3.63) is 59.7 Å². The van der Waals surface area contributed by atoms with Gasteiger partial charge in [-0.2, -0.15) is 0 Å². The highest BCUT2D eigenvalue weighted by Gasteiger charge is 2.48. The lowest BCUT2D eigenvalue weighted by atomic mass is 9.73. The zero-order valence-corrected chi connectivity index (χ0v) is 12.6. The molecule has 3 nitrogen and oxygen atoms in total. The molecule has 0 radical (unpaired) electrons. The van der Waals surface area contributed by atoms with Gasteiger partial charge in [0.2, 0.25) is 5.91 Å². The van der Waals surface area contributed by atoms with Crippen LogP contribution in [0.2, 0.25) is 0 Å². The van der Waals surface area contributed by atoms with E-state index in [-0.39, 0.29) is 5.91 Å². The molecule has 3 heteroatoms. The van der Waals surface area contributed by atoms with Gasteiger partial charge >= 0.3 is 0 Å². The van der Waals surface area contributed by atoms with Gasteiger partial charge in [-0.15, -0.1) is 0 Å². The van der Waals surface area contributed by atoms with Crippen LogP contribution in [0.15, 0.2) is 48.5 Å². The second-order valence-electron chi connectivity index (χ2n) is 5.56. The Morgan fingerprint density at radius 3 is 2.09 bits per heavy atom. The molecule has 0 spiro atoms. The first-order valence-corrected chi connectivity index (χ1v) is 7.67. The number of benzene rings is 2. The Bertz CT molecular complexity index is 675. The molecule has 0 saturated heterocycles. The minimum Gasteiger partial charge on any atom is -0.355 e. The topological polar surface area (TPSA) is 46.2 Å². The summed E-state index contributed by atoms with van der Waals surface area (Å²) in [5.74, 6) is -0.0192. The molecule has 22 heavy (non-hydrogen) atoms. The van der Waals surface area contributed by atoms with Gasteiger partial charge in [0.1, 0.15) is 11.7 Å². The molecule has 0 aromatic heterocycles. The first kappa shape index (κ1) is 14.5. The second-order valence-corrected chi connectivity index (χ2v) is 5.56. The molecule has 1 N–H and O–H groups in total. The zero-order valence-electron chi connectivity index (χ0n) is 12.6. The van der Waals surface area contributed by atoms with Gasteiger partial charge in [-0.1, -0.05) is 48.5 Å². The van der Waals surface area contributed by atoms with Gasteiger partial charge in [-0.3, -0.25) is 4.79 Å². The largest absolute Gasteiger partial charge is 0.355 e. The maximum atomic E-state index is 13.0. The molecule has 2 aromatic carbocycles. The van der Waals surface area contributed by atoms with E-state index in [4.69, 9.17) is 0 Å². The van der Waals surface area contributed by atoms with Crippen LogP contribution in [0.25, 0.3) is 11.1 Å². The fourth-order valence-electron chi connectivity index (χ4n) is 3.54. The predicted octanol–water partition coefficient (Wildman–Crippen LogP) is 3.07. The summed E-state index contributed by atoms with van der Waals surface area (Å²) >= 11 is 0. The molecule has 1 aliphatic carbocycles. The molecule has 3 rings (SSSR count). The van der Waals surface area contributed by atoms with Gasteiger partial charge in [-0.05, 0) is 35.6 Å². The van der Waals surface area contributed by atoms with E-state index in [1.54, 1.807) is 0 Å². The van der Waals surface area contributed by atoms with Gasteiger partial charge in [0.05, 0.1) is 0 Å². The average Bonchev–Trinajstić information content (AvgIpc) is 2.85. The predicted molar refractivity (Wildman–Crippen MR) is 86.6 cm³/mol. The van der Waals surface area contributed by atoms with Crippen molar-refractivity contribution in [1.82, 2.24) is 5.32 Å². The number of rotatable bonds is 5. The Kier molecular flexibility index (Phi) is 3.80. The molecule has 0 heterocycles. The number of nitrogens with one attached hydrogen (secondary N) is 1. The molecule has 0 bridgehead atoms. The fraction of sp³-hybridized carbons (Fsp3) is 0.263. The summed E-state index contributed by atoms with van der Waals surface area (Å²) in [6.45, 7) is 2.49. The fourth-order valence-corrected chi connectivity index (χ4v) is 3.54. The van der Waals surface area contributed by atoms with E-state index in [1.807, 2.05) is 43.3 Å². The Morgan fingerprint density at radius 1 is 1.05 bits per heavy atom. The monoisotopic (exact) mass is 293 g/mol. The summed E-state index contributed by atoms with van der Waals surface area (Å²) in [5, 5.41) is 2.96. The van der Waals surface area contributed by atoms with Crippen LogP contribution in [0.1, 0.15) is 30.9 Å². The van der Waals surface area contributed by atoms with E-state index < -0.39 is 5.41 Å². The summed E-state index contributed by atoms with van der Waals surface area (Å²) in [6.07, 6.45) is 1.75. The van der Waals surface area contributed by atoms with Crippen LogP contribution in [-0.2, 0) is 15.0 Å². The van der Waals surface area contributed by atoms with E-state index >= 15 is 0 Å². The third-order valence-corrected chi connectivity index (χ3v) is 4.43. The molecule has 0 unspecified atom stereocenters. The Morgan fingerprint density at radius 2 is 1.59 bits per heavy atom. The number of hydrogen-bond donors (Lipinski definition) is 1. The van der Waals surface area contributed by atoms with Gasteiger partial charge in [0.15, 0.2) is 0 Å². The second kappa shape index (κ2) is 5.76. The number of amides is 1.